The zero-order chi connectivity index (χ0) is 17.4. The number of rotatable bonds is 4. The largest absolute Gasteiger partial charge is 0.363 e. The van der Waals surface area contributed by atoms with Crippen molar-refractivity contribution in [2.24, 2.45) is 0 Å². The number of hydrogen-bond acceptors (Lipinski definition) is 5. The molecule has 3 aromatic heterocycles. The Morgan fingerprint density at radius 1 is 1.24 bits per heavy atom. The Bertz CT molecular complexity index is 1040. The molecule has 0 aliphatic heterocycles. The number of pyridine rings is 1. The molecule has 1 aromatic carbocycles. The fourth-order valence-corrected chi connectivity index (χ4v) is 2.74. The van der Waals surface area contributed by atoms with Gasteiger partial charge in [0.2, 0.25) is 5.65 Å². The van der Waals surface area contributed by atoms with E-state index in [2.05, 4.69) is 30.7 Å². The van der Waals surface area contributed by atoms with Crippen molar-refractivity contribution in [1.82, 2.24) is 29.9 Å². The Labute approximate surface area is 142 Å². The van der Waals surface area contributed by atoms with Gasteiger partial charge in [0.05, 0.1) is 11.7 Å². The third-order valence-corrected chi connectivity index (χ3v) is 4.11. The highest BCUT2D eigenvalue weighted by Crippen LogP contribution is 2.23. The van der Waals surface area contributed by atoms with Crippen molar-refractivity contribution in [1.29, 1.82) is 0 Å². The molecule has 1 unspecified atom stereocenters. The molecule has 0 aliphatic carbocycles. The van der Waals surface area contributed by atoms with E-state index < -0.39 is 0 Å². The molecular weight excluding hydrogens is 321 g/mol. The van der Waals surface area contributed by atoms with E-state index in [4.69, 9.17) is 0 Å². The van der Waals surface area contributed by atoms with Crippen LogP contribution in [-0.4, -0.2) is 29.9 Å². The first-order valence-electron chi connectivity index (χ1n) is 7.86. The van der Waals surface area contributed by atoms with Crippen LogP contribution in [0.1, 0.15) is 24.4 Å². The van der Waals surface area contributed by atoms with E-state index in [0.717, 1.165) is 16.9 Å². The number of nitrogens with zero attached hydrogens (tertiary/aromatic N) is 5. The van der Waals surface area contributed by atoms with Crippen LogP contribution in [0.3, 0.4) is 0 Å². The highest BCUT2D eigenvalue weighted by Gasteiger charge is 2.12. The molecule has 0 aliphatic rings. The maximum absolute atomic E-state index is 14.5. The van der Waals surface area contributed by atoms with E-state index >= 15 is 0 Å². The second kappa shape index (κ2) is 5.97. The van der Waals surface area contributed by atoms with Gasteiger partial charge in [0.1, 0.15) is 23.0 Å². The van der Waals surface area contributed by atoms with Gasteiger partial charge in [-0.3, -0.25) is 5.10 Å². The summed E-state index contributed by atoms with van der Waals surface area (Å²) < 4.78 is 16.3. The number of imidazole rings is 1. The van der Waals surface area contributed by atoms with Crippen molar-refractivity contribution in [2.75, 3.05) is 5.32 Å². The van der Waals surface area contributed by atoms with Gasteiger partial charge in [-0.1, -0.05) is 11.3 Å². The highest BCUT2D eigenvalue weighted by molar-refractivity contribution is 5.71. The maximum atomic E-state index is 14.5. The number of fused-ring (bicyclic) bond motifs is 1. The fraction of sp³-hybridized carbons (Fsp3) is 0.176. The number of aromatic nitrogens is 6. The van der Waals surface area contributed by atoms with Crippen LogP contribution >= 0.6 is 0 Å². The summed E-state index contributed by atoms with van der Waals surface area (Å²) in [6.45, 7) is 3.79. The SMILES string of the molecule is Cc1nccn1-c1ccc(C(C)Nc2ccc3[nH]nnc3n2)cc1F. The molecular formula is C17H16FN7. The van der Waals surface area contributed by atoms with Gasteiger partial charge in [-0.2, -0.15) is 0 Å². The molecule has 3 heterocycles. The second-order valence-electron chi connectivity index (χ2n) is 5.80. The normalized spacial score (nSPS) is 12.4. The van der Waals surface area contributed by atoms with Crippen molar-refractivity contribution in [3.63, 3.8) is 0 Å². The Kier molecular flexibility index (Phi) is 3.64. The van der Waals surface area contributed by atoms with E-state index in [9.17, 15) is 4.39 Å². The van der Waals surface area contributed by atoms with Crippen LogP contribution in [0.2, 0.25) is 0 Å². The third kappa shape index (κ3) is 2.82. The van der Waals surface area contributed by atoms with Crippen LogP contribution in [0.4, 0.5) is 10.2 Å². The molecule has 25 heavy (non-hydrogen) atoms. The Balaban J connectivity index is 1.58. The lowest BCUT2D eigenvalue weighted by Crippen LogP contribution is -2.09. The number of aryl methyl sites for hydroxylation is 1. The minimum atomic E-state index is -0.299. The van der Waals surface area contributed by atoms with E-state index in [1.165, 1.54) is 6.07 Å². The summed E-state index contributed by atoms with van der Waals surface area (Å²) in [6, 6.07) is 8.74. The van der Waals surface area contributed by atoms with Crippen molar-refractivity contribution in [3.05, 3.63) is 59.9 Å². The molecule has 0 radical (unpaired) electrons. The first-order chi connectivity index (χ1) is 12.1. The number of H-pyrrole nitrogens is 1. The summed E-state index contributed by atoms with van der Waals surface area (Å²) in [7, 11) is 0. The van der Waals surface area contributed by atoms with Gasteiger partial charge < -0.3 is 9.88 Å². The lowest BCUT2D eigenvalue weighted by atomic mass is 10.1. The maximum Gasteiger partial charge on any atom is 0.203 e. The lowest BCUT2D eigenvalue weighted by Gasteiger charge is -2.16. The zero-order valence-corrected chi connectivity index (χ0v) is 13.7. The second-order valence-corrected chi connectivity index (χ2v) is 5.80. The Hall–Kier alpha value is -3.29. The molecule has 4 rings (SSSR count). The van der Waals surface area contributed by atoms with Gasteiger partial charge in [-0.05, 0) is 43.7 Å². The minimum absolute atomic E-state index is 0.121. The van der Waals surface area contributed by atoms with E-state index in [1.54, 1.807) is 23.0 Å². The zero-order valence-electron chi connectivity index (χ0n) is 13.7. The highest BCUT2D eigenvalue weighted by atomic mass is 19.1. The van der Waals surface area contributed by atoms with E-state index in [1.807, 2.05) is 32.0 Å². The lowest BCUT2D eigenvalue weighted by molar-refractivity contribution is 0.612. The number of hydrogen-bond donors (Lipinski definition) is 2. The van der Waals surface area contributed by atoms with Gasteiger partial charge in [-0.25, -0.2) is 14.4 Å². The van der Waals surface area contributed by atoms with Crippen molar-refractivity contribution >= 4 is 17.0 Å². The summed E-state index contributed by atoms with van der Waals surface area (Å²) in [5, 5.41) is 13.6. The average molecular weight is 337 g/mol. The summed E-state index contributed by atoms with van der Waals surface area (Å²) in [5.74, 6) is 1.10. The summed E-state index contributed by atoms with van der Waals surface area (Å²) in [4.78, 5) is 8.50. The number of benzene rings is 1. The molecule has 7 nitrogen and oxygen atoms in total. The fourth-order valence-electron chi connectivity index (χ4n) is 2.74. The number of aromatic amines is 1. The van der Waals surface area contributed by atoms with Gasteiger partial charge >= 0.3 is 0 Å². The first kappa shape index (κ1) is 15.3. The number of nitrogens with one attached hydrogen (secondary N) is 2. The Morgan fingerprint density at radius 3 is 2.88 bits per heavy atom. The molecule has 0 spiro atoms. The van der Waals surface area contributed by atoms with Crippen LogP contribution in [-0.2, 0) is 0 Å². The van der Waals surface area contributed by atoms with Gasteiger partial charge in [0.25, 0.3) is 0 Å². The molecule has 1 atom stereocenters. The molecule has 2 N–H and O–H groups in total. The quantitative estimate of drug-likeness (QED) is 0.597. The average Bonchev–Trinajstić information content (AvgIpc) is 3.23. The van der Waals surface area contributed by atoms with Gasteiger partial charge in [-0.15, -0.1) is 5.10 Å². The number of anilines is 1. The Morgan fingerprint density at radius 2 is 2.12 bits per heavy atom. The standard InChI is InChI=1S/C17H16FN7/c1-10(20-16-6-4-14-17(21-16)23-24-22-14)12-3-5-15(13(18)9-12)25-8-7-19-11(25)2/h3-10H,1-2H3,(H2,20,21,22,23,24). The first-order valence-corrected chi connectivity index (χ1v) is 7.86. The van der Waals surface area contributed by atoms with Crippen LogP contribution in [0.25, 0.3) is 16.9 Å². The molecule has 0 saturated heterocycles. The molecule has 0 bridgehead atoms. The molecule has 4 aromatic rings. The van der Waals surface area contributed by atoms with E-state index in [-0.39, 0.29) is 11.9 Å². The van der Waals surface area contributed by atoms with Crippen molar-refractivity contribution in [3.8, 4) is 5.69 Å². The molecule has 0 fully saturated rings. The third-order valence-electron chi connectivity index (χ3n) is 4.11. The van der Waals surface area contributed by atoms with Crippen molar-refractivity contribution < 1.29 is 4.39 Å². The van der Waals surface area contributed by atoms with Crippen LogP contribution < -0.4 is 5.32 Å². The summed E-state index contributed by atoms with van der Waals surface area (Å²) >= 11 is 0. The van der Waals surface area contributed by atoms with Gasteiger partial charge in [0.15, 0.2) is 0 Å². The number of halogens is 1. The smallest absolute Gasteiger partial charge is 0.203 e. The molecule has 0 saturated carbocycles. The van der Waals surface area contributed by atoms with Crippen molar-refractivity contribution in [2.45, 2.75) is 19.9 Å². The van der Waals surface area contributed by atoms with E-state index in [0.29, 0.717) is 17.2 Å². The minimum Gasteiger partial charge on any atom is -0.363 e. The monoisotopic (exact) mass is 337 g/mol. The van der Waals surface area contributed by atoms with Gasteiger partial charge in [0, 0.05) is 12.4 Å². The predicted molar refractivity (Wildman–Crippen MR) is 92.0 cm³/mol. The van der Waals surface area contributed by atoms with Crippen LogP contribution in [0, 0.1) is 12.7 Å². The topological polar surface area (TPSA) is 84.3 Å². The summed E-state index contributed by atoms with van der Waals surface area (Å²) in [6.07, 6.45) is 3.39. The molecule has 126 valence electrons. The van der Waals surface area contributed by atoms with Crippen LogP contribution in [0.5, 0.6) is 0 Å². The predicted octanol–water partition coefficient (Wildman–Crippen LogP) is 3.16. The van der Waals surface area contributed by atoms with Crippen LogP contribution in [0.15, 0.2) is 42.7 Å². The molecule has 0 amide bonds. The molecule has 8 heteroatoms. The summed E-state index contributed by atoms with van der Waals surface area (Å²) in [5.41, 5.74) is 2.60.